The monoisotopic (exact) mass is 899 g/mol. The number of unbranched alkanes of at least 4 members (excludes halogenated alkanes) is 2. The number of ketones is 3. The third-order valence-electron chi connectivity index (χ3n) is 9.21. The van der Waals surface area contributed by atoms with E-state index in [-0.39, 0.29) is 55.2 Å². The van der Waals surface area contributed by atoms with Crippen molar-refractivity contribution in [1.29, 1.82) is 0 Å². The number of Topliss-reactive ketones (excluding diaryl/α,β-unsaturated/α-hetero) is 3. The zero-order chi connectivity index (χ0) is 46.0. The standard InChI is InChI=1S/C43H61N7O10S2/c1-26-15-16-27(50(26)39(57)60-42(8,9)10)22-33(54)49-43(19-20-43)32(53)23-28(51)17-18-34-45-30(25-61-34)35-46-29(24-62-35)31(52)14-12-11-13-21-44-36(47-37(55)58-40(2,3)4)48-38(56)59-41(5,6)7/h22,24-26H,11-21,23H2,1-10H3,(H,49,54)(H2,44,47,48,55,56)/b27-22-/t26-/m0/s1. The first kappa shape index (κ1) is 49.6. The fourth-order valence-electron chi connectivity index (χ4n) is 6.19. The smallest absolute Gasteiger partial charge is 0.414 e. The Balaban J connectivity index is 1.20. The fraction of sp³-hybridized carbons (Fsp3) is 0.628. The molecule has 2 aromatic rings. The van der Waals surface area contributed by atoms with Crippen LogP contribution < -0.4 is 16.0 Å². The van der Waals surface area contributed by atoms with E-state index in [4.69, 9.17) is 14.2 Å². The number of aliphatic imine (C=N–C) groups is 1. The zero-order valence-corrected chi connectivity index (χ0v) is 39.1. The van der Waals surface area contributed by atoms with Gasteiger partial charge in [-0.25, -0.2) is 24.4 Å². The molecule has 1 aliphatic carbocycles. The van der Waals surface area contributed by atoms with Gasteiger partial charge >= 0.3 is 18.3 Å². The third kappa shape index (κ3) is 16.3. The number of alkyl carbamates (subject to hydrolysis) is 2. The van der Waals surface area contributed by atoms with Crippen molar-refractivity contribution in [3.63, 3.8) is 0 Å². The summed E-state index contributed by atoms with van der Waals surface area (Å²) in [6.45, 7) is 17.8. The number of likely N-dealkylation sites (tertiary alicyclic amines) is 1. The summed E-state index contributed by atoms with van der Waals surface area (Å²) in [5.41, 5.74) is -1.81. The molecule has 1 saturated heterocycles. The molecule has 2 aromatic heterocycles. The second-order valence-corrected chi connectivity index (χ2v) is 20.3. The van der Waals surface area contributed by atoms with Crippen LogP contribution in [-0.4, -0.2) is 97.3 Å². The average Bonchev–Trinajstić information content (AvgIpc) is 3.42. The summed E-state index contributed by atoms with van der Waals surface area (Å²) in [5, 5.41) is 12.5. The number of guanidine groups is 1. The van der Waals surface area contributed by atoms with Gasteiger partial charge in [0.2, 0.25) is 11.9 Å². The van der Waals surface area contributed by atoms with E-state index in [9.17, 15) is 33.6 Å². The molecular weight excluding hydrogens is 839 g/mol. The summed E-state index contributed by atoms with van der Waals surface area (Å²) in [7, 11) is 0. The molecule has 3 heterocycles. The molecule has 1 saturated carbocycles. The van der Waals surface area contributed by atoms with Crippen LogP contribution in [0.4, 0.5) is 14.4 Å². The summed E-state index contributed by atoms with van der Waals surface area (Å²) < 4.78 is 16.0. The van der Waals surface area contributed by atoms with Gasteiger partial charge in [0.25, 0.3) is 0 Å². The zero-order valence-electron chi connectivity index (χ0n) is 37.5. The van der Waals surface area contributed by atoms with Gasteiger partial charge in [-0.2, -0.15) is 0 Å². The lowest BCUT2D eigenvalue weighted by atomic mass is 10.0. The van der Waals surface area contributed by atoms with Crippen LogP contribution in [0.15, 0.2) is 27.5 Å². The normalized spacial score (nSPS) is 16.6. The summed E-state index contributed by atoms with van der Waals surface area (Å²) in [6.07, 6.45) is 3.57. The van der Waals surface area contributed by atoms with Crippen molar-refractivity contribution in [3.05, 3.63) is 33.2 Å². The van der Waals surface area contributed by atoms with Crippen LogP contribution in [0.25, 0.3) is 10.7 Å². The van der Waals surface area contributed by atoms with E-state index in [1.54, 1.807) is 67.7 Å². The highest BCUT2D eigenvalue weighted by Gasteiger charge is 2.50. The number of amides is 4. The van der Waals surface area contributed by atoms with E-state index >= 15 is 0 Å². The Morgan fingerprint density at radius 1 is 0.839 bits per heavy atom. The highest BCUT2D eigenvalue weighted by molar-refractivity contribution is 7.14. The summed E-state index contributed by atoms with van der Waals surface area (Å²) in [5.74, 6) is -1.29. The first-order valence-corrected chi connectivity index (χ1v) is 22.7. The van der Waals surface area contributed by atoms with E-state index in [1.165, 1.54) is 33.6 Å². The minimum atomic E-state index is -1.08. The first-order valence-electron chi connectivity index (χ1n) is 20.9. The van der Waals surface area contributed by atoms with Crippen molar-refractivity contribution < 1.29 is 47.8 Å². The molecule has 1 aliphatic heterocycles. The molecule has 1 atom stereocenters. The largest absolute Gasteiger partial charge is 0.444 e. The molecule has 0 spiro atoms. The van der Waals surface area contributed by atoms with Crippen LogP contribution in [0.3, 0.4) is 0 Å². The molecule has 2 aliphatic rings. The number of aromatic nitrogens is 2. The number of carbonyl (C=O) groups excluding carboxylic acids is 7. The average molecular weight is 900 g/mol. The number of rotatable bonds is 16. The molecule has 2 fully saturated rings. The highest BCUT2D eigenvalue weighted by atomic mass is 32.1. The van der Waals surface area contributed by atoms with Crippen molar-refractivity contribution >= 4 is 70.2 Å². The molecule has 0 radical (unpaired) electrons. The topological polar surface area (TPSA) is 225 Å². The Hall–Kier alpha value is -5.04. The lowest BCUT2D eigenvalue weighted by Gasteiger charge is -2.28. The molecule has 4 amide bonds. The van der Waals surface area contributed by atoms with E-state index in [0.717, 1.165) is 0 Å². The lowest BCUT2D eigenvalue weighted by Crippen LogP contribution is -2.47. The number of thiazole rings is 2. The van der Waals surface area contributed by atoms with Gasteiger partial charge in [0.1, 0.15) is 39.0 Å². The molecule has 0 aromatic carbocycles. The molecule has 19 heteroatoms. The summed E-state index contributed by atoms with van der Waals surface area (Å²) in [6, 6.07) is -0.130. The van der Waals surface area contributed by atoms with Gasteiger partial charge in [0, 0.05) is 54.4 Å². The van der Waals surface area contributed by atoms with Crippen LogP contribution in [-0.2, 0) is 35.0 Å². The molecule has 0 bridgehead atoms. The maximum absolute atomic E-state index is 13.2. The van der Waals surface area contributed by atoms with E-state index in [2.05, 4.69) is 30.9 Å². The molecular formula is C43H61N7O10S2. The van der Waals surface area contributed by atoms with Crippen molar-refractivity contribution in [2.24, 2.45) is 4.99 Å². The number of ether oxygens (including phenoxy) is 3. The van der Waals surface area contributed by atoms with Crippen molar-refractivity contribution in [1.82, 2.24) is 30.8 Å². The Morgan fingerprint density at radius 3 is 2.06 bits per heavy atom. The number of carbonyl (C=O) groups is 7. The van der Waals surface area contributed by atoms with Crippen LogP contribution in [0.2, 0.25) is 0 Å². The maximum Gasteiger partial charge on any atom is 0.414 e. The van der Waals surface area contributed by atoms with E-state index < -0.39 is 46.5 Å². The second-order valence-electron chi connectivity index (χ2n) is 18.5. The quantitative estimate of drug-likeness (QED) is 0.0279. The van der Waals surface area contributed by atoms with Crippen LogP contribution in [0.5, 0.6) is 0 Å². The number of allylic oxidation sites excluding steroid dienone is 1. The second kappa shape index (κ2) is 20.9. The Kier molecular flexibility index (Phi) is 16.7. The minimum Gasteiger partial charge on any atom is -0.444 e. The first-order chi connectivity index (χ1) is 28.8. The Labute approximate surface area is 371 Å². The fourth-order valence-corrected chi connectivity index (χ4v) is 7.83. The maximum atomic E-state index is 13.2. The molecule has 0 unspecified atom stereocenters. The van der Waals surface area contributed by atoms with E-state index in [1.807, 2.05) is 12.3 Å². The van der Waals surface area contributed by atoms with Gasteiger partial charge in [0.15, 0.2) is 11.6 Å². The van der Waals surface area contributed by atoms with Crippen LogP contribution >= 0.6 is 22.7 Å². The number of hydrogen-bond donors (Lipinski definition) is 3. The van der Waals surface area contributed by atoms with Crippen molar-refractivity contribution in [2.45, 2.75) is 168 Å². The highest BCUT2D eigenvalue weighted by Crippen LogP contribution is 2.38. The molecule has 340 valence electrons. The summed E-state index contributed by atoms with van der Waals surface area (Å²) in [4.78, 5) is 104. The molecule has 17 nitrogen and oxygen atoms in total. The predicted molar refractivity (Wildman–Crippen MR) is 235 cm³/mol. The van der Waals surface area contributed by atoms with Crippen LogP contribution in [0, 0.1) is 0 Å². The Morgan fingerprint density at radius 2 is 1.47 bits per heavy atom. The lowest BCUT2D eigenvalue weighted by molar-refractivity contribution is -0.131. The van der Waals surface area contributed by atoms with E-state index in [0.29, 0.717) is 78.5 Å². The molecule has 3 N–H and O–H groups in total. The number of hydrogen-bond acceptors (Lipinski definition) is 15. The van der Waals surface area contributed by atoms with Gasteiger partial charge in [-0.3, -0.25) is 39.7 Å². The third-order valence-corrected chi connectivity index (χ3v) is 11.0. The number of nitrogens with one attached hydrogen (secondary N) is 3. The summed E-state index contributed by atoms with van der Waals surface area (Å²) >= 11 is 2.67. The molecule has 4 rings (SSSR count). The van der Waals surface area contributed by atoms with Crippen molar-refractivity contribution in [2.75, 3.05) is 6.54 Å². The van der Waals surface area contributed by atoms with Gasteiger partial charge in [-0.15, -0.1) is 22.7 Å². The SMILES string of the molecule is C[C@H]1CC/C(=C/C(=O)NC2(C(=O)CC(=O)CCc3nc(-c4nc(C(=O)CCCCCN=C(NC(=O)OC(C)(C)C)NC(=O)OC(C)(C)C)cs4)cs3)CC2)N1C(=O)OC(C)(C)C. The Bertz CT molecular complexity index is 2020. The van der Waals surface area contributed by atoms with Gasteiger partial charge in [-0.1, -0.05) is 6.42 Å². The molecule has 62 heavy (non-hydrogen) atoms. The predicted octanol–water partition coefficient (Wildman–Crippen LogP) is 7.83. The number of aryl methyl sites for hydroxylation is 1. The van der Waals surface area contributed by atoms with Gasteiger partial charge in [0.05, 0.1) is 17.0 Å². The van der Waals surface area contributed by atoms with Gasteiger partial charge < -0.3 is 19.5 Å². The minimum absolute atomic E-state index is 0.101. The van der Waals surface area contributed by atoms with Gasteiger partial charge in [-0.05, 0) is 108 Å². The number of nitrogens with zero attached hydrogens (tertiary/aromatic N) is 4. The van der Waals surface area contributed by atoms with Crippen LogP contribution in [0.1, 0.15) is 149 Å². The van der Waals surface area contributed by atoms with Crippen molar-refractivity contribution in [3.8, 4) is 10.7 Å².